The summed E-state index contributed by atoms with van der Waals surface area (Å²) in [5, 5.41) is 18.5. The van der Waals surface area contributed by atoms with Gasteiger partial charge in [0, 0.05) is 25.6 Å². The predicted octanol–water partition coefficient (Wildman–Crippen LogP) is 15.6. The van der Waals surface area contributed by atoms with E-state index in [2.05, 4.69) is 180 Å². The summed E-state index contributed by atoms with van der Waals surface area (Å²) < 4.78 is 0. The van der Waals surface area contributed by atoms with Gasteiger partial charge in [-0.05, 0) is 118 Å². The van der Waals surface area contributed by atoms with Crippen molar-refractivity contribution >= 4 is 12.6 Å². The normalized spacial score (nSPS) is 15.7. The second-order valence-electron chi connectivity index (χ2n) is 27.4. The first kappa shape index (κ1) is 61.9. The van der Waals surface area contributed by atoms with Crippen LogP contribution in [0.1, 0.15) is 231 Å². The number of aliphatic hydroxyl groups excluding tert-OH is 2. The molecule has 4 nitrogen and oxygen atoms in total. The minimum absolute atomic E-state index is 0.0897. The second kappa shape index (κ2) is 25.8. The van der Waals surface area contributed by atoms with Crippen LogP contribution in [0.5, 0.6) is 0 Å². The van der Waals surface area contributed by atoms with E-state index in [1.165, 1.54) is 19.3 Å². The Morgan fingerprint density at radius 3 is 0.946 bits per heavy atom. The van der Waals surface area contributed by atoms with Crippen LogP contribution < -0.4 is 0 Å². The van der Waals surface area contributed by atoms with E-state index in [4.69, 9.17) is 5.11 Å². The summed E-state index contributed by atoms with van der Waals surface area (Å²) in [6.07, 6.45) is 10.9. The molecule has 0 bridgehead atoms. The third-order valence-corrected chi connectivity index (χ3v) is 10.2. The van der Waals surface area contributed by atoms with Gasteiger partial charge in [0.05, 0.1) is 0 Å². The fourth-order valence-corrected chi connectivity index (χ4v) is 9.00. The summed E-state index contributed by atoms with van der Waals surface area (Å²) in [7, 11) is 0. The molecule has 0 aromatic carbocycles. The molecule has 4 heteroatoms. The number of aldehydes is 2. The number of hydrogen-bond acceptors (Lipinski definition) is 4. The van der Waals surface area contributed by atoms with Crippen LogP contribution in [0, 0.1) is 78.8 Å². The van der Waals surface area contributed by atoms with Crippen LogP contribution in [0.25, 0.3) is 0 Å². The van der Waals surface area contributed by atoms with Gasteiger partial charge in [0.15, 0.2) is 0 Å². The maximum Gasteiger partial charge on any atom is 0.123 e. The quantitative estimate of drug-likeness (QED) is 0.172. The lowest BCUT2D eigenvalue weighted by Crippen LogP contribution is -2.32. The number of rotatable bonds is 14. The lowest BCUT2D eigenvalue weighted by atomic mass is 9.69. The molecule has 0 fully saturated rings. The molecule has 2 N–H and O–H groups in total. The SMILES string of the molecule is CC(C)(C)CC(CC=O)CC(C)(C)C.CC(C)(C)CC(CCO)CC(C)(C)C.CC(CC(C)(C)C)C(C=O)C(C)(C)C.CC(CC(C)(C)C)C(CO)C(C)(C)C. The highest BCUT2D eigenvalue weighted by atomic mass is 16.3. The molecule has 0 aliphatic heterocycles. The maximum atomic E-state index is 11.1. The number of hydrogen-bond donors (Lipinski definition) is 2. The Labute approximate surface area is 354 Å². The van der Waals surface area contributed by atoms with Crippen LogP contribution in [-0.2, 0) is 9.59 Å². The highest BCUT2D eigenvalue weighted by Gasteiger charge is 2.32. The smallest absolute Gasteiger partial charge is 0.123 e. The molecule has 0 spiro atoms. The molecule has 0 heterocycles. The monoisotopic (exact) mass is 797 g/mol. The Kier molecular flexibility index (Phi) is 28.5. The van der Waals surface area contributed by atoms with Gasteiger partial charge in [-0.15, -0.1) is 0 Å². The lowest BCUT2D eigenvalue weighted by molar-refractivity contribution is -0.116. The van der Waals surface area contributed by atoms with E-state index in [-0.39, 0.29) is 16.7 Å². The van der Waals surface area contributed by atoms with Gasteiger partial charge in [-0.2, -0.15) is 0 Å². The second-order valence-corrected chi connectivity index (χ2v) is 27.4. The van der Waals surface area contributed by atoms with Gasteiger partial charge in [-0.25, -0.2) is 0 Å². The first-order valence-electron chi connectivity index (χ1n) is 22.5. The Bertz CT molecular complexity index is 913. The molecule has 0 rings (SSSR count). The summed E-state index contributed by atoms with van der Waals surface area (Å²) in [4.78, 5) is 21.7. The molecule has 340 valence electrons. The van der Waals surface area contributed by atoms with Crippen molar-refractivity contribution in [3.63, 3.8) is 0 Å². The van der Waals surface area contributed by atoms with Crippen molar-refractivity contribution in [3.8, 4) is 0 Å². The highest BCUT2D eigenvalue weighted by Crippen LogP contribution is 2.39. The first-order valence-corrected chi connectivity index (χ1v) is 22.5. The molecule has 0 aliphatic rings. The van der Waals surface area contributed by atoms with Crippen LogP contribution in [-0.4, -0.2) is 36.0 Å². The number of carbonyl (C=O) groups excluding carboxylic acids is 2. The van der Waals surface area contributed by atoms with Crippen LogP contribution >= 0.6 is 0 Å². The third kappa shape index (κ3) is 41.4. The molecule has 4 unspecified atom stereocenters. The van der Waals surface area contributed by atoms with Crippen LogP contribution in [0.15, 0.2) is 0 Å². The van der Waals surface area contributed by atoms with E-state index in [0.29, 0.717) is 81.7 Å². The minimum Gasteiger partial charge on any atom is -0.396 e. The average Bonchev–Trinajstić information content (AvgIpc) is 2.83. The van der Waals surface area contributed by atoms with Gasteiger partial charge in [0.2, 0.25) is 0 Å². The van der Waals surface area contributed by atoms with Crippen molar-refractivity contribution in [1.29, 1.82) is 0 Å². The number of carbonyl (C=O) groups is 2. The largest absolute Gasteiger partial charge is 0.396 e. The van der Waals surface area contributed by atoms with Gasteiger partial charge in [-0.3, -0.25) is 0 Å². The van der Waals surface area contributed by atoms with E-state index >= 15 is 0 Å². The molecular weight excluding hydrogens is 689 g/mol. The van der Waals surface area contributed by atoms with E-state index < -0.39 is 0 Å². The van der Waals surface area contributed by atoms with Crippen molar-refractivity contribution in [1.82, 2.24) is 0 Å². The molecule has 0 aromatic rings. The standard InChI is InChI=1S/C13H28O.C13H26O.C13H28O.C13H26O/c2*1-10(8-12(2,3)4)11(9-14)13(5,6)7;2*1-12(2,3)9-11(7-8-14)10-13(4,5)6/h10-11,14H,8-9H2,1-7H3;9-11H,8H2,1-7H3;11,14H,7-10H2,1-6H3;8,11H,7,9-10H2,1-6H3. The van der Waals surface area contributed by atoms with Gasteiger partial charge in [-0.1, -0.05) is 180 Å². The molecule has 0 aromatic heterocycles. The van der Waals surface area contributed by atoms with Gasteiger partial charge in [0.1, 0.15) is 12.6 Å². The molecule has 0 aliphatic carbocycles. The molecule has 0 saturated carbocycles. The van der Waals surface area contributed by atoms with Gasteiger partial charge in [0.25, 0.3) is 0 Å². The molecule has 0 amide bonds. The summed E-state index contributed by atoms with van der Waals surface area (Å²) in [5.74, 6) is 2.84. The van der Waals surface area contributed by atoms with E-state index in [0.717, 1.165) is 38.3 Å². The van der Waals surface area contributed by atoms with E-state index in [1.807, 2.05) is 0 Å². The van der Waals surface area contributed by atoms with Gasteiger partial charge < -0.3 is 19.8 Å². The lowest BCUT2D eigenvalue weighted by Gasteiger charge is -2.37. The molecule has 4 atom stereocenters. The van der Waals surface area contributed by atoms with Crippen LogP contribution in [0.2, 0.25) is 0 Å². The average molecular weight is 797 g/mol. The topological polar surface area (TPSA) is 74.6 Å². The van der Waals surface area contributed by atoms with E-state index in [1.54, 1.807) is 0 Å². The first-order chi connectivity index (χ1) is 24.4. The predicted molar refractivity (Wildman–Crippen MR) is 251 cm³/mol. The zero-order valence-electron chi connectivity index (χ0n) is 43.4. The molecule has 0 saturated heterocycles. The highest BCUT2D eigenvalue weighted by molar-refractivity contribution is 5.55. The van der Waals surface area contributed by atoms with E-state index in [9.17, 15) is 14.7 Å². The summed E-state index contributed by atoms with van der Waals surface area (Å²) in [6.45, 7) is 58.8. The summed E-state index contributed by atoms with van der Waals surface area (Å²) >= 11 is 0. The van der Waals surface area contributed by atoms with Crippen LogP contribution in [0.4, 0.5) is 0 Å². The summed E-state index contributed by atoms with van der Waals surface area (Å²) in [5.41, 5.74) is 2.39. The van der Waals surface area contributed by atoms with Crippen molar-refractivity contribution < 1.29 is 19.8 Å². The number of aliphatic hydroxyl groups is 2. The maximum absolute atomic E-state index is 11.1. The van der Waals surface area contributed by atoms with Crippen molar-refractivity contribution in [2.75, 3.05) is 13.2 Å². The van der Waals surface area contributed by atoms with Crippen molar-refractivity contribution in [3.05, 3.63) is 0 Å². The fraction of sp³-hybridized carbons (Fsp3) is 0.962. The minimum atomic E-state index is 0.0897. The van der Waals surface area contributed by atoms with Crippen LogP contribution in [0.3, 0.4) is 0 Å². The van der Waals surface area contributed by atoms with Crippen molar-refractivity contribution in [2.45, 2.75) is 231 Å². The third-order valence-electron chi connectivity index (χ3n) is 10.2. The van der Waals surface area contributed by atoms with Crippen molar-refractivity contribution in [2.24, 2.45) is 78.8 Å². The Hall–Kier alpha value is -0.740. The summed E-state index contributed by atoms with van der Waals surface area (Å²) in [6, 6.07) is 0. The Morgan fingerprint density at radius 2 is 0.732 bits per heavy atom. The van der Waals surface area contributed by atoms with Gasteiger partial charge >= 0.3 is 0 Å². The fourth-order valence-electron chi connectivity index (χ4n) is 9.00. The molecule has 56 heavy (non-hydrogen) atoms. The Morgan fingerprint density at radius 1 is 0.429 bits per heavy atom. The molecule has 0 radical (unpaired) electrons. The molecular formula is C52H108O4. The Balaban J connectivity index is -0.000000322. The zero-order valence-corrected chi connectivity index (χ0v) is 43.4. The zero-order chi connectivity index (χ0) is 45.9.